The number of nitrogens with one attached hydrogen (secondary N) is 1. The van der Waals surface area contributed by atoms with E-state index in [1.165, 1.54) is 11.9 Å². The van der Waals surface area contributed by atoms with Crippen LogP contribution in [0.3, 0.4) is 0 Å². The average molecular weight is 206 g/mol. The molecule has 0 radical (unpaired) electrons. The molecule has 0 aliphatic carbocycles. The molecule has 0 saturated heterocycles. The molecule has 72 valence electrons. The smallest absolute Gasteiger partial charge is 0.152 e. The molecule has 2 aromatic heterocycles. The third-order valence-electron chi connectivity index (χ3n) is 1.78. The van der Waals surface area contributed by atoms with E-state index < -0.39 is 0 Å². The first kappa shape index (κ1) is 8.96. The number of aromatic nitrogens is 2. The van der Waals surface area contributed by atoms with Gasteiger partial charge in [-0.15, -0.1) is 0 Å². The monoisotopic (exact) mass is 206 g/mol. The summed E-state index contributed by atoms with van der Waals surface area (Å²) < 4.78 is 0. The molecular formula is C9H10N4S. The minimum Gasteiger partial charge on any atom is -0.394 e. The predicted octanol–water partition coefficient (Wildman–Crippen LogP) is 1.73. The Hall–Kier alpha value is -1.62. The van der Waals surface area contributed by atoms with Crippen LogP contribution in [0.2, 0.25) is 0 Å². The van der Waals surface area contributed by atoms with Gasteiger partial charge in [-0.3, -0.25) is 0 Å². The molecular weight excluding hydrogens is 196 g/mol. The lowest BCUT2D eigenvalue weighted by molar-refractivity contribution is 1.09. The summed E-state index contributed by atoms with van der Waals surface area (Å²) in [5, 5.41) is 7.28. The maximum atomic E-state index is 5.68. The highest BCUT2D eigenvalue weighted by Gasteiger charge is 1.99. The van der Waals surface area contributed by atoms with Gasteiger partial charge in [0, 0.05) is 6.54 Å². The maximum absolute atomic E-state index is 5.68. The summed E-state index contributed by atoms with van der Waals surface area (Å²) >= 11 is 1.67. The third-order valence-corrected chi connectivity index (χ3v) is 2.51. The second-order valence-corrected chi connectivity index (χ2v) is 3.59. The second kappa shape index (κ2) is 4.06. The molecule has 2 aromatic rings. The van der Waals surface area contributed by atoms with E-state index >= 15 is 0 Å². The van der Waals surface area contributed by atoms with E-state index in [1.807, 2.05) is 5.38 Å². The lowest BCUT2D eigenvalue weighted by Crippen LogP contribution is -2.03. The van der Waals surface area contributed by atoms with Crippen molar-refractivity contribution in [1.82, 2.24) is 9.97 Å². The van der Waals surface area contributed by atoms with Crippen LogP contribution < -0.4 is 11.1 Å². The van der Waals surface area contributed by atoms with Gasteiger partial charge in [0.1, 0.15) is 6.33 Å². The summed E-state index contributed by atoms with van der Waals surface area (Å²) in [6, 6.07) is 2.06. The van der Waals surface area contributed by atoms with E-state index in [0.717, 1.165) is 6.54 Å². The molecule has 0 aromatic carbocycles. The Kier molecular flexibility index (Phi) is 2.60. The van der Waals surface area contributed by atoms with E-state index in [2.05, 4.69) is 26.7 Å². The molecule has 0 atom stereocenters. The lowest BCUT2D eigenvalue weighted by Gasteiger charge is -2.05. The topological polar surface area (TPSA) is 63.8 Å². The molecule has 0 spiro atoms. The molecule has 0 unspecified atom stereocenters. The normalized spacial score (nSPS) is 10.0. The van der Waals surface area contributed by atoms with Gasteiger partial charge in [0.25, 0.3) is 0 Å². The Morgan fingerprint density at radius 1 is 1.50 bits per heavy atom. The van der Waals surface area contributed by atoms with Crippen LogP contribution in [-0.4, -0.2) is 9.97 Å². The highest BCUT2D eigenvalue weighted by Crippen LogP contribution is 2.13. The van der Waals surface area contributed by atoms with Crippen molar-refractivity contribution in [2.75, 3.05) is 11.1 Å². The van der Waals surface area contributed by atoms with Gasteiger partial charge < -0.3 is 11.1 Å². The van der Waals surface area contributed by atoms with Crippen molar-refractivity contribution in [2.45, 2.75) is 6.54 Å². The molecule has 14 heavy (non-hydrogen) atoms. The minimum atomic E-state index is 0.572. The minimum absolute atomic E-state index is 0.572. The number of hydrogen-bond donors (Lipinski definition) is 2. The zero-order valence-corrected chi connectivity index (χ0v) is 8.29. The number of anilines is 2. The van der Waals surface area contributed by atoms with Crippen molar-refractivity contribution in [1.29, 1.82) is 0 Å². The quantitative estimate of drug-likeness (QED) is 0.802. The average Bonchev–Trinajstić information content (AvgIpc) is 2.69. The van der Waals surface area contributed by atoms with Crippen molar-refractivity contribution in [2.24, 2.45) is 0 Å². The van der Waals surface area contributed by atoms with Crippen LogP contribution >= 0.6 is 11.3 Å². The Morgan fingerprint density at radius 3 is 3.14 bits per heavy atom. The van der Waals surface area contributed by atoms with E-state index in [4.69, 9.17) is 5.73 Å². The van der Waals surface area contributed by atoms with Gasteiger partial charge in [-0.2, -0.15) is 11.3 Å². The van der Waals surface area contributed by atoms with Gasteiger partial charge >= 0.3 is 0 Å². The number of nitrogen functional groups attached to an aromatic ring is 1. The molecule has 3 N–H and O–H groups in total. The van der Waals surface area contributed by atoms with Crippen molar-refractivity contribution < 1.29 is 0 Å². The third kappa shape index (κ3) is 2.00. The molecule has 0 aliphatic rings. The predicted molar refractivity (Wildman–Crippen MR) is 58.1 cm³/mol. The summed E-state index contributed by atoms with van der Waals surface area (Å²) in [4.78, 5) is 7.85. The Labute approximate surface area is 85.8 Å². The number of thiophene rings is 1. The van der Waals surface area contributed by atoms with E-state index in [0.29, 0.717) is 11.5 Å². The van der Waals surface area contributed by atoms with Gasteiger partial charge in [0.15, 0.2) is 5.82 Å². The van der Waals surface area contributed by atoms with Gasteiger partial charge in [-0.1, -0.05) is 0 Å². The number of rotatable bonds is 3. The fourth-order valence-corrected chi connectivity index (χ4v) is 1.74. The zero-order chi connectivity index (χ0) is 9.80. The van der Waals surface area contributed by atoms with Gasteiger partial charge in [0.05, 0.1) is 11.9 Å². The van der Waals surface area contributed by atoms with Gasteiger partial charge in [-0.05, 0) is 22.4 Å². The Morgan fingerprint density at radius 2 is 2.43 bits per heavy atom. The molecule has 0 aliphatic heterocycles. The first-order chi connectivity index (χ1) is 6.86. The fraction of sp³-hybridized carbons (Fsp3) is 0.111. The molecule has 0 fully saturated rings. The summed E-state index contributed by atoms with van der Waals surface area (Å²) in [5.74, 6) is 0.686. The van der Waals surface area contributed by atoms with Crippen LogP contribution in [0.4, 0.5) is 11.5 Å². The van der Waals surface area contributed by atoms with Crippen LogP contribution in [0.25, 0.3) is 0 Å². The lowest BCUT2D eigenvalue weighted by atomic mass is 10.3. The maximum Gasteiger partial charge on any atom is 0.152 e. The zero-order valence-electron chi connectivity index (χ0n) is 7.47. The van der Waals surface area contributed by atoms with Crippen molar-refractivity contribution in [3.63, 3.8) is 0 Å². The van der Waals surface area contributed by atoms with Crippen LogP contribution in [0, 0.1) is 0 Å². The first-order valence-electron chi connectivity index (χ1n) is 4.16. The molecule has 5 heteroatoms. The Bertz CT molecular complexity index is 399. The second-order valence-electron chi connectivity index (χ2n) is 2.81. The SMILES string of the molecule is Nc1cncnc1NCc1ccsc1. The number of nitrogens with two attached hydrogens (primary N) is 1. The standard InChI is InChI=1S/C9H10N4S/c10-8-4-11-6-13-9(8)12-3-7-1-2-14-5-7/h1-2,4-6H,3,10H2,(H,11,12,13). The summed E-state index contributed by atoms with van der Waals surface area (Å²) in [7, 11) is 0. The number of hydrogen-bond acceptors (Lipinski definition) is 5. The highest BCUT2D eigenvalue weighted by molar-refractivity contribution is 7.07. The van der Waals surface area contributed by atoms with Crippen molar-refractivity contribution in [3.8, 4) is 0 Å². The molecule has 0 saturated carbocycles. The van der Waals surface area contributed by atoms with E-state index in [9.17, 15) is 0 Å². The van der Waals surface area contributed by atoms with Crippen LogP contribution in [0.5, 0.6) is 0 Å². The summed E-state index contributed by atoms with van der Waals surface area (Å²) in [6.07, 6.45) is 3.06. The summed E-state index contributed by atoms with van der Waals surface area (Å²) in [5.41, 5.74) is 7.48. The summed E-state index contributed by atoms with van der Waals surface area (Å²) in [6.45, 7) is 0.741. The molecule has 4 nitrogen and oxygen atoms in total. The highest BCUT2D eigenvalue weighted by atomic mass is 32.1. The van der Waals surface area contributed by atoms with Gasteiger partial charge in [-0.25, -0.2) is 9.97 Å². The Balaban J connectivity index is 2.02. The molecule has 0 bridgehead atoms. The number of nitrogens with zero attached hydrogens (tertiary/aromatic N) is 2. The van der Waals surface area contributed by atoms with Crippen molar-refractivity contribution >= 4 is 22.8 Å². The van der Waals surface area contributed by atoms with E-state index in [1.54, 1.807) is 17.5 Å². The largest absolute Gasteiger partial charge is 0.394 e. The van der Waals surface area contributed by atoms with Gasteiger partial charge in [0.2, 0.25) is 0 Å². The molecule has 2 heterocycles. The molecule has 0 amide bonds. The first-order valence-corrected chi connectivity index (χ1v) is 5.11. The fourth-order valence-electron chi connectivity index (χ4n) is 1.07. The van der Waals surface area contributed by atoms with Crippen LogP contribution in [0.15, 0.2) is 29.4 Å². The van der Waals surface area contributed by atoms with E-state index in [-0.39, 0.29) is 0 Å². The van der Waals surface area contributed by atoms with Crippen LogP contribution in [0.1, 0.15) is 5.56 Å². The molecule has 2 rings (SSSR count). The van der Waals surface area contributed by atoms with Crippen LogP contribution in [-0.2, 0) is 6.54 Å². The van der Waals surface area contributed by atoms with Crippen molar-refractivity contribution in [3.05, 3.63) is 34.9 Å².